The number of rotatable bonds is 5. The zero-order valence-electron chi connectivity index (χ0n) is 12.5. The zero-order valence-corrected chi connectivity index (χ0v) is 12.5. The van der Waals surface area contributed by atoms with Gasteiger partial charge in [0.2, 0.25) is 5.91 Å². The molecule has 20 heavy (non-hydrogen) atoms. The lowest BCUT2D eigenvalue weighted by atomic mass is 9.89. The van der Waals surface area contributed by atoms with E-state index in [1.54, 1.807) is 0 Å². The van der Waals surface area contributed by atoms with Crippen LogP contribution in [0.3, 0.4) is 0 Å². The molecule has 1 spiro atoms. The average molecular weight is 282 g/mol. The third-order valence-electron chi connectivity index (χ3n) is 4.79. The maximum absolute atomic E-state index is 11.9. The van der Waals surface area contributed by atoms with Crippen LogP contribution in [0.5, 0.6) is 0 Å². The molecule has 1 amide bonds. The SMILES string of the molecule is CCOCCN1CCC2(CC1)CN(C1CC1)C(=O)CO2. The van der Waals surface area contributed by atoms with E-state index in [4.69, 9.17) is 9.47 Å². The lowest BCUT2D eigenvalue weighted by molar-refractivity contribution is -0.172. The van der Waals surface area contributed by atoms with E-state index in [0.29, 0.717) is 6.04 Å². The second kappa shape index (κ2) is 6.00. The first-order valence-electron chi connectivity index (χ1n) is 7.96. The van der Waals surface area contributed by atoms with Crippen LogP contribution in [0.4, 0.5) is 0 Å². The topological polar surface area (TPSA) is 42.0 Å². The maximum atomic E-state index is 11.9. The fourth-order valence-corrected chi connectivity index (χ4v) is 3.29. The van der Waals surface area contributed by atoms with Gasteiger partial charge < -0.3 is 19.3 Å². The van der Waals surface area contributed by atoms with Crippen molar-refractivity contribution in [2.45, 2.75) is 44.2 Å². The first-order chi connectivity index (χ1) is 9.72. The molecule has 2 aliphatic heterocycles. The highest BCUT2D eigenvalue weighted by molar-refractivity contribution is 5.79. The van der Waals surface area contributed by atoms with E-state index in [9.17, 15) is 4.79 Å². The van der Waals surface area contributed by atoms with E-state index < -0.39 is 0 Å². The van der Waals surface area contributed by atoms with E-state index in [1.165, 1.54) is 12.8 Å². The molecule has 1 saturated carbocycles. The van der Waals surface area contributed by atoms with Gasteiger partial charge in [-0.05, 0) is 32.6 Å². The van der Waals surface area contributed by atoms with E-state index in [1.807, 2.05) is 6.92 Å². The minimum Gasteiger partial charge on any atom is -0.380 e. The molecule has 2 saturated heterocycles. The Kier molecular flexibility index (Phi) is 4.29. The Morgan fingerprint density at radius 3 is 2.75 bits per heavy atom. The van der Waals surface area contributed by atoms with Crippen molar-refractivity contribution in [3.63, 3.8) is 0 Å². The van der Waals surface area contributed by atoms with Crippen LogP contribution < -0.4 is 0 Å². The third kappa shape index (κ3) is 3.15. The molecule has 0 aromatic carbocycles. The Morgan fingerprint density at radius 2 is 2.10 bits per heavy atom. The first kappa shape index (κ1) is 14.3. The lowest BCUT2D eigenvalue weighted by Gasteiger charge is -2.47. The number of nitrogens with zero attached hydrogens (tertiary/aromatic N) is 2. The van der Waals surface area contributed by atoms with E-state index in [2.05, 4.69) is 9.80 Å². The highest BCUT2D eigenvalue weighted by Gasteiger charge is 2.46. The van der Waals surface area contributed by atoms with Gasteiger partial charge in [-0.15, -0.1) is 0 Å². The van der Waals surface area contributed by atoms with Crippen molar-refractivity contribution in [2.24, 2.45) is 0 Å². The summed E-state index contributed by atoms with van der Waals surface area (Å²) in [6, 6.07) is 0.513. The Morgan fingerprint density at radius 1 is 1.35 bits per heavy atom. The fraction of sp³-hybridized carbons (Fsp3) is 0.933. The molecule has 3 rings (SSSR count). The van der Waals surface area contributed by atoms with Crippen molar-refractivity contribution in [3.05, 3.63) is 0 Å². The van der Waals surface area contributed by atoms with Crippen LogP contribution in [0.15, 0.2) is 0 Å². The number of piperidine rings is 1. The molecule has 5 nitrogen and oxygen atoms in total. The predicted octanol–water partition coefficient (Wildman–Crippen LogP) is 0.879. The van der Waals surface area contributed by atoms with Crippen LogP contribution in [-0.4, -0.2) is 73.3 Å². The van der Waals surface area contributed by atoms with Gasteiger partial charge in [-0.2, -0.15) is 0 Å². The van der Waals surface area contributed by atoms with Crippen LogP contribution >= 0.6 is 0 Å². The lowest BCUT2D eigenvalue weighted by Crippen LogP contribution is -2.59. The minimum absolute atomic E-state index is 0.0708. The standard InChI is InChI=1S/C15H26N2O3/c1-2-19-10-9-16-7-5-15(6-8-16)12-17(13-3-4-13)14(18)11-20-15/h13H,2-12H2,1H3. The van der Waals surface area contributed by atoms with Gasteiger partial charge in [0.1, 0.15) is 6.61 Å². The number of morpholine rings is 1. The number of hydrogen-bond donors (Lipinski definition) is 0. The molecule has 0 atom stereocenters. The number of amides is 1. The smallest absolute Gasteiger partial charge is 0.248 e. The molecular weight excluding hydrogens is 256 g/mol. The van der Waals surface area contributed by atoms with Gasteiger partial charge in [-0.3, -0.25) is 4.79 Å². The number of carbonyl (C=O) groups excluding carboxylic acids is 1. The Labute approximate surface area is 121 Å². The molecule has 3 fully saturated rings. The summed E-state index contributed by atoms with van der Waals surface area (Å²) < 4.78 is 11.4. The minimum atomic E-state index is -0.0708. The van der Waals surface area contributed by atoms with Gasteiger partial charge in [-0.1, -0.05) is 0 Å². The Hall–Kier alpha value is -0.650. The van der Waals surface area contributed by atoms with Crippen molar-refractivity contribution in [1.82, 2.24) is 9.80 Å². The summed E-state index contributed by atoms with van der Waals surface area (Å²) in [5.41, 5.74) is -0.0708. The molecule has 1 aliphatic carbocycles. The van der Waals surface area contributed by atoms with E-state index in [0.717, 1.165) is 52.2 Å². The second-order valence-corrected chi connectivity index (χ2v) is 6.26. The van der Waals surface area contributed by atoms with Gasteiger partial charge in [0, 0.05) is 32.3 Å². The number of carbonyl (C=O) groups is 1. The van der Waals surface area contributed by atoms with Crippen molar-refractivity contribution >= 4 is 5.91 Å². The van der Waals surface area contributed by atoms with Crippen LogP contribution in [0.25, 0.3) is 0 Å². The molecule has 0 bridgehead atoms. The van der Waals surface area contributed by atoms with Gasteiger partial charge in [0.25, 0.3) is 0 Å². The van der Waals surface area contributed by atoms with Crippen LogP contribution in [0, 0.1) is 0 Å². The quantitative estimate of drug-likeness (QED) is 0.702. The van der Waals surface area contributed by atoms with E-state index >= 15 is 0 Å². The van der Waals surface area contributed by atoms with Crippen molar-refractivity contribution < 1.29 is 14.3 Å². The first-order valence-corrected chi connectivity index (χ1v) is 7.96. The summed E-state index contributed by atoms with van der Waals surface area (Å²) in [4.78, 5) is 16.4. The summed E-state index contributed by atoms with van der Waals surface area (Å²) in [7, 11) is 0. The molecule has 0 aromatic rings. The highest BCUT2D eigenvalue weighted by Crippen LogP contribution is 2.36. The Bertz CT molecular complexity index is 349. The van der Waals surface area contributed by atoms with Crippen molar-refractivity contribution in [2.75, 3.05) is 46.0 Å². The predicted molar refractivity (Wildman–Crippen MR) is 75.6 cm³/mol. The molecule has 0 radical (unpaired) electrons. The second-order valence-electron chi connectivity index (χ2n) is 6.26. The number of hydrogen-bond acceptors (Lipinski definition) is 4. The fourth-order valence-electron chi connectivity index (χ4n) is 3.29. The van der Waals surface area contributed by atoms with Crippen LogP contribution in [0.1, 0.15) is 32.6 Å². The molecule has 0 aromatic heterocycles. The molecule has 5 heteroatoms. The molecular formula is C15H26N2O3. The van der Waals surface area contributed by atoms with Gasteiger partial charge in [0.15, 0.2) is 0 Å². The van der Waals surface area contributed by atoms with Crippen molar-refractivity contribution in [3.8, 4) is 0 Å². The van der Waals surface area contributed by atoms with Gasteiger partial charge >= 0.3 is 0 Å². The number of ether oxygens (including phenoxy) is 2. The maximum Gasteiger partial charge on any atom is 0.248 e. The van der Waals surface area contributed by atoms with Crippen LogP contribution in [0.2, 0.25) is 0 Å². The molecule has 2 heterocycles. The van der Waals surface area contributed by atoms with E-state index in [-0.39, 0.29) is 18.1 Å². The number of likely N-dealkylation sites (tertiary alicyclic amines) is 1. The molecule has 3 aliphatic rings. The van der Waals surface area contributed by atoms with Gasteiger partial charge in [-0.25, -0.2) is 0 Å². The third-order valence-corrected chi connectivity index (χ3v) is 4.79. The molecule has 0 unspecified atom stereocenters. The molecule has 0 N–H and O–H groups in total. The van der Waals surface area contributed by atoms with Crippen LogP contribution in [-0.2, 0) is 14.3 Å². The summed E-state index contributed by atoms with van der Waals surface area (Å²) in [5, 5.41) is 0. The summed E-state index contributed by atoms with van der Waals surface area (Å²) in [5.74, 6) is 0.192. The summed E-state index contributed by atoms with van der Waals surface area (Å²) in [6.45, 7) is 7.86. The zero-order chi connectivity index (χ0) is 14.0. The van der Waals surface area contributed by atoms with Crippen molar-refractivity contribution in [1.29, 1.82) is 0 Å². The largest absolute Gasteiger partial charge is 0.380 e. The summed E-state index contributed by atoms with van der Waals surface area (Å²) in [6.07, 6.45) is 4.44. The Balaban J connectivity index is 1.50. The molecule has 114 valence electrons. The normalized spacial score (nSPS) is 27.2. The summed E-state index contributed by atoms with van der Waals surface area (Å²) >= 11 is 0. The van der Waals surface area contributed by atoms with Gasteiger partial charge in [0.05, 0.1) is 18.8 Å². The highest BCUT2D eigenvalue weighted by atomic mass is 16.5. The average Bonchev–Trinajstić information content (AvgIpc) is 3.29. The monoisotopic (exact) mass is 282 g/mol.